The van der Waals surface area contributed by atoms with Gasteiger partial charge in [0, 0.05) is 19.4 Å². The monoisotopic (exact) mass is 518 g/mol. The van der Waals surface area contributed by atoms with Crippen LogP contribution in [0.5, 0.6) is 23.0 Å². The van der Waals surface area contributed by atoms with Crippen LogP contribution in [0.2, 0.25) is 0 Å². The Morgan fingerprint density at radius 2 is 1.63 bits per heavy atom. The molecule has 1 aliphatic heterocycles. The molecule has 0 fully saturated rings. The average molecular weight is 519 g/mol. The predicted molar refractivity (Wildman–Crippen MR) is 144 cm³/mol. The summed E-state index contributed by atoms with van der Waals surface area (Å²) in [5, 5.41) is 0.338. The second kappa shape index (κ2) is 10.2. The van der Waals surface area contributed by atoms with Gasteiger partial charge in [0.2, 0.25) is 0 Å². The van der Waals surface area contributed by atoms with E-state index in [-0.39, 0.29) is 16.9 Å². The molecule has 38 heavy (non-hydrogen) atoms. The summed E-state index contributed by atoms with van der Waals surface area (Å²) in [6, 6.07) is 6.26. The van der Waals surface area contributed by atoms with Crippen LogP contribution < -0.4 is 24.6 Å². The van der Waals surface area contributed by atoms with Crippen LogP contribution in [-0.4, -0.2) is 24.6 Å². The zero-order valence-corrected chi connectivity index (χ0v) is 22.5. The lowest BCUT2D eigenvalue weighted by Crippen LogP contribution is -2.28. The number of methoxy groups -OCH3 is 1. The lowest BCUT2D eigenvalue weighted by molar-refractivity contribution is -0.132. The van der Waals surface area contributed by atoms with Gasteiger partial charge in [0.1, 0.15) is 33.8 Å². The molecule has 1 aliphatic rings. The van der Waals surface area contributed by atoms with E-state index in [2.05, 4.69) is 0 Å². The molecular weight excluding hydrogens is 488 g/mol. The molecule has 0 radical (unpaired) electrons. The molecule has 0 amide bonds. The maximum absolute atomic E-state index is 13.5. The number of carbonyl (C=O) groups is 2. The highest BCUT2D eigenvalue weighted by atomic mass is 16.5. The average Bonchev–Trinajstić information content (AvgIpc) is 2.81. The van der Waals surface area contributed by atoms with Crippen LogP contribution in [-0.2, 0) is 16.0 Å². The Kier molecular flexibility index (Phi) is 7.18. The van der Waals surface area contributed by atoms with Crippen LogP contribution in [0.4, 0.5) is 0 Å². The summed E-state index contributed by atoms with van der Waals surface area (Å²) >= 11 is 0. The van der Waals surface area contributed by atoms with Crippen molar-refractivity contribution in [3.63, 3.8) is 0 Å². The third-order valence-corrected chi connectivity index (χ3v) is 5.93. The normalized spacial score (nSPS) is 13.3. The van der Waals surface area contributed by atoms with Crippen LogP contribution >= 0.6 is 0 Å². The molecule has 8 nitrogen and oxygen atoms in total. The van der Waals surface area contributed by atoms with Gasteiger partial charge < -0.3 is 23.4 Å². The van der Waals surface area contributed by atoms with Gasteiger partial charge in [-0.05, 0) is 64.0 Å². The van der Waals surface area contributed by atoms with Crippen molar-refractivity contribution >= 4 is 29.0 Å². The Morgan fingerprint density at radius 3 is 2.21 bits per heavy atom. The largest absolute Gasteiger partial charge is 0.495 e. The molecule has 0 N–H and O–H groups in total. The molecule has 0 saturated heterocycles. The molecule has 0 spiro atoms. The fourth-order valence-electron chi connectivity index (χ4n) is 4.35. The molecule has 8 heteroatoms. The summed E-state index contributed by atoms with van der Waals surface area (Å²) in [6.07, 6.45) is 6.23. The van der Waals surface area contributed by atoms with Crippen molar-refractivity contribution < 1.29 is 33.0 Å². The smallest absolute Gasteiger partial charge is 0.348 e. The van der Waals surface area contributed by atoms with E-state index < -0.39 is 23.2 Å². The minimum atomic E-state index is -0.714. The molecule has 0 saturated carbocycles. The van der Waals surface area contributed by atoms with Crippen LogP contribution in [0.15, 0.2) is 51.2 Å². The zero-order valence-electron chi connectivity index (χ0n) is 22.5. The summed E-state index contributed by atoms with van der Waals surface area (Å²) in [7, 11) is 1.51. The van der Waals surface area contributed by atoms with Gasteiger partial charge in [-0.15, -0.1) is 0 Å². The van der Waals surface area contributed by atoms with Gasteiger partial charge in [0.15, 0.2) is 11.3 Å². The number of hydrogen-bond donors (Lipinski definition) is 0. The van der Waals surface area contributed by atoms with E-state index in [9.17, 15) is 14.4 Å². The Bertz CT molecular complexity index is 1550. The fraction of sp³-hybridized carbons (Fsp3) is 0.300. The molecule has 0 atom stereocenters. The second-order valence-electron chi connectivity index (χ2n) is 9.79. The number of hydrogen-bond acceptors (Lipinski definition) is 8. The zero-order chi connectivity index (χ0) is 27.8. The van der Waals surface area contributed by atoms with Crippen molar-refractivity contribution in [2.24, 2.45) is 0 Å². The molecule has 2 aromatic carbocycles. The van der Waals surface area contributed by atoms with Gasteiger partial charge in [-0.1, -0.05) is 23.8 Å². The molecular formula is C30H30O8. The highest BCUT2D eigenvalue weighted by molar-refractivity contribution is 6.03. The topological polar surface area (TPSA) is 101 Å². The Hall–Kier alpha value is -4.33. The lowest BCUT2D eigenvalue weighted by atomic mass is 9.93. The Balaban J connectivity index is 2.12. The highest BCUT2D eigenvalue weighted by Crippen LogP contribution is 2.50. The Labute approximate surface area is 220 Å². The van der Waals surface area contributed by atoms with Gasteiger partial charge in [0.25, 0.3) is 0 Å². The fourth-order valence-corrected chi connectivity index (χ4v) is 4.35. The van der Waals surface area contributed by atoms with E-state index in [0.717, 1.165) is 11.1 Å². The van der Waals surface area contributed by atoms with Crippen LogP contribution in [0.25, 0.3) is 28.2 Å². The van der Waals surface area contributed by atoms with Crippen molar-refractivity contribution in [1.29, 1.82) is 0 Å². The molecule has 198 valence electrons. The number of rotatable bonds is 6. The van der Waals surface area contributed by atoms with Crippen molar-refractivity contribution in [3.05, 3.63) is 63.5 Å². The summed E-state index contributed by atoms with van der Waals surface area (Å²) in [4.78, 5) is 37.1. The number of carbonyl (C=O) groups excluding carboxylic acids is 2. The quantitative estimate of drug-likeness (QED) is 0.169. The first kappa shape index (κ1) is 26.7. The third-order valence-electron chi connectivity index (χ3n) is 5.93. The van der Waals surface area contributed by atoms with E-state index in [1.165, 1.54) is 21.0 Å². The van der Waals surface area contributed by atoms with E-state index >= 15 is 0 Å². The van der Waals surface area contributed by atoms with Gasteiger partial charge in [0.05, 0.1) is 12.7 Å². The summed E-state index contributed by atoms with van der Waals surface area (Å²) in [5.41, 5.74) is 1.69. The van der Waals surface area contributed by atoms with Crippen molar-refractivity contribution in [2.75, 3.05) is 7.11 Å². The van der Waals surface area contributed by atoms with Gasteiger partial charge in [-0.3, -0.25) is 9.59 Å². The Morgan fingerprint density at radius 1 is 0.974 bits per heavy atom. The summed E-state index contributed by atoms with van der Waals surface area (Å²) < 4.78 is 28.9. The van der Waals surface area contributed by atoms with E-state index in [1.54, 1.807) is 24.3 Å². The molecule has 0 bridgehead atoms. The molecule has 2 heterocycles. The SMILES string of the molecule is COc1c(CC=C(C)C)c2c(c3oc(=O)c(-c4ccc(OC(C)=O)cc4)c(OC(C)=O)c13)C=CC(C)(C)O2. The standard InChI is InChI=1S/C30H30O8/c1-16(2)8-13-21-25-22(14-15-30(5,6)38-25)27-24(26(21)34-7)28(36-18(4)32)23(29(33)37-27)19-9-11-20(12-10-19)35-17(3)31/h8-12,14-15H,13H2,1-7H3. The maximum Gasteiger partial charge on any atom is 0.348 e. The minimum Gasteiger partial charge on any atom is -0.495 e. The molecule has 0 aliphatic carbocycles. The van der Waals surface area contributed by atoms with Crippen molar-refractivity contribution in [3.8, 4) is 34.1 Å². The number of fused-ring (bicyclic) bond motifs is 3. The van der Waals surface area contributed by atoms with E-state index in [1.807, 2.05) is 45.9 Å². The van der Waals surface area contributed by atoms with Gasteiger partial charge in [-0.25, -0.2) is 4.79 Å². The van der Waals surface area contributed by atoms with E-state index in [4.69, 9.17) is 23.4 Å². The van der Waals surface area contributed by atoms with Gasteiger partial charge >= 0.3 is 17.6 Å². The van der Waals surface area contributed by atoms with Crippen molar-refractivity contribution in [2.45, 2.75) is 53.6 Å². The minimum absolute atomic E-state index is 0.0142. The van der Waals surface area contributed by atoms with Gasteiger partial charge in [-0.2, -0.15) is 0 Å². The number of ether oxygens (including phenoxy) is 4. The predicted octanol–water partition coefficient (Wildman–Crippen LogP) is 6.01. The summed E-state index contributed by atoms with van der Waals surface area (Å²) in [5.74, 6) is 0.143. The molecule has 3 aromatic rings. The van der Waals surface area contributed by atoms with Crippen LogP contribution in [0.3, 0.4) is 0 Å². The van der Waals surface area contributed by atoms with Crippen molar-refractivity contribution in [1.82, 2.24) is 0 Å². The van der Waals surface area contributed by atoms with Crippen LogP contribution in [0, 0.1) is 0 Å². The molecule has 4 rings (SSSR count). The maximum atomic E-state index is 13.5. The summed E-state index contributed by atoms with van der Waals surface area (Å²) in [6.45, 7) is 10.4. The lowest BCUT2D eigenvalue weighted by Gasteiger charge is -2.31. The molecule has 0 unspecified atom stereocenters. The molecule has 1 aromatic heterocycles. The van der Waals surface area contributed by atoms with Crippen LogP contribution in [0.1, 0.15) is 52.7 Å². The third kappa shape index (κ3) is 5.20. The second-order valence-corrected chi connectivity index (χ2v) is 9.79. The first-order chi connectivity index (χ1) is 17.9. The highest BCUT2D eigenvalue weighted by Gasteiger charge is 2.33. The number of allylic oxidation sites excluding steroid dienone is 2. The first-order valence-electron chi connectivity index (χ1n) is 12.1. The van der Waals surface area contributed by atoms with E-state index in [0.29, 0.717) is 40.2 Å². The number of esters is 2. The number of benzene rings is 2. The first-order valence-corrected chi connectivity index (χ1v) is 12.1.